The van der Waals surface area contributed by atoms with E-state index >= 15 is 0 Å². The Kier molecular flexibility index (Phi) is 4.83. The quantitative estimate of drug-likeness (QED) is 0.804. The predicted molar refractivity (Wildman–Crippen MR) is 90.5 cm³/mol. The summed E-state index contributed by atoms with van der Waals surface area (Å²) in [6, 6.07) is 7.09. The molecule has 0 spiro atoms. The molecule has 0 bridgehead atoms. The number of carbonyl (C=O) groups excluding carboxylic acids is 2. The number of hydrogen-bond donors (Lipinski definition) is 2. The summed E-state index contributed by atoms with van der Waals surface area (Å²) in [6.45, 7) is -0.131. The maximum Gasteiger partial charge on any atom is 0.239 e. The molecule has 1 heterocycles. The van der Waals surface area contributed by atoms with E-state index in [1.165, 1.54) is 0 Å². The summed E-state index contributed by atoms with van der Waals surface area (Å²) >= 11 is 5.95. The Labute approximate surface area is 145 Å². The summed E-state index contributed by atoms with van der Waals surface area (Å²) in [4.78, 5) is 23.9. The summed E-state index contributed by atoms with van der Waals surface area (Å²) < 4.78 is 22.7. The Morgan fingerprint density at radius 3 is 2.75 bits per heavy atom. The van der Waals surface area contributed by atoms with Gasteiger partial charge in [0.2, 0.25) is 11.8 Å². The second-order valence-corrected chi connectivity index (χ2v) is 9.05. The lowest BCUT2D eigenvalue weighted by molar-refractivity contribution is -0.127. The van der Waals surface area contributed by atoms with Crippen LogP contribution in [-0.4, -0.2) is 44.3 Å². The smallest absolute Gasteiger partial charge is 0.239 e. The SMILES string of the molecule is O=C(CNC(=O)[C@@H]1C[C@H]1c1cccc(Cl)c1)N[C@H]1CCS(=O)(=O)C1. The van der Waals surface area contributed by atoms with Crippen molar-refractivity contribution in [2.24, 2.45) is 5.92 Å². The number of benzene rings is 1. The molecule has 1 aliphatic carbocycles. The van der Waals surface area contributed by atoms with E-state index in [-0.39, 0.29) is 47.7 Å². The average Bonchev–Trinajstić information content (AvgIpc) is 3.24. The molecule has 8 heteroatoms. The van der Waals surface area contributed by atoms with Gasteiger partial charge in [-0.1, -0.05) is 23.7 Å². The van der Waals surface area contributed by atoms with Gasteiger partial charge < -0.3 is 10.6 Å². The first-order valence-corrected chi connectivity index (χ1v) is 10.1. The highest BCUT2D eigenvalue weighted by molar-refractivity contribution is 7.91. The molecule has 1 saturated carbocycles. The molecule has 6 nitrogen and oxygen atoms in total. The van der Waals surface area contributed by atoms with E-state index in [1.54, 1.807) is 6.07 Å². The van der Waals surface area contributed by atoms with Crippen molar-refractivity contribution >= 4 is 33.3 Å². The lowest BCUT2D eigenvalue weighted by Gasteiger charge is -2.11. The van der Waals surface area contributed by atoms with Crippen LogP contribution in [0.1, 0.15) is 24.3 Å². The molecule has 1 saturated heterocycles. The summed E-state index contributed by atoms with van der Waals surface area (Å²) in [6.07, 6.45) is 1.18. The highest BCUT2D eigenvalue weighted by Crippen LogP contribution is 2.47. The molecule has 2 N–H and O–H groups in total. The molecule has 0 radical (unpaired) electrons. The molecule has 1 aromatic rings. The molecule has 1 aromatic carbocycles. The van der Waals surface area contributed by atoms with Gasteiger partial charge in [0.15, 0.2) is 9.84 Å². The van der Waals surface area contributed by atoms with Crippen LogP contribution in [0.15, 0.2) is 24.3 Å². The maximum absolute atomic E-state index is 12.1. The van der Waals surface area contributed by atoms with Crippen LogP contribution in [0.25, 0.3) is 0 Å². The third kappa shape index (κ3) is 4.27. The van der Waals surface area contributed by atoms with Gasteiger partial charge in [-0.3, -0.25) is 9.59 Å². The fourth-order valence-corrected chi connectivity index (χ4v) is 4.95. The van der Waals surface area contributed by atoms with Gasteiger partial charge in [0.1, 0.15) is 0 Å². The van der Waals surface area contributed by atoms with Crippen LogP contribution in [0.5, 0.6) is 0 Å². The Bertz CT molecular complexity index is 765. The van der Waals surface area contributed by atoms with E-state index < -0.39 is 9.84 Å². The fraction of sp³-hybridized carbons (Fsp3) is 0.500. The van der Waals surface area contributed by atoms with Gasteiger partial charge in [-0.2, -0.15) is 0 Å². The molecule has 2 aliphatic rings. The minimum atomic E-state index is -3.03. The van der Waals surface area contributed by atoms with Crippen LogP contribution in [0.3, 0.4) is 0 Å². The van der Waals surface area contributed by atoms with Crippen LogP contribution in [0.4, 0.5) is 0 Å². The number of amides is 2. The first-order chi connectivity index (χ1) is 11.3. The van der Waals surface area contributed by atoms with Gasteiger partial charge in [-0.05, 0) is 36.5 Å². The zero-order valence-electron chi connectivity index (χ0n) is 13.0. The zero-order chi connectivity index (χ0) is 17.3. The van der Waals surface area contributed by atoms with E-state index in [4.69, 9.17) is 11.6 Å². The molecule has 0 unspecified atom stereocenters. The van der Waals surface area contributed by atoms with Gasteiger partial charge in [-0.25, -0.2) is 8.42 Å². The number of halogens is 1. The fourth-order valence-electron chi connectivity index (χ4n) is 3.08. The van der Waals surface area contributed by atoms with Gasteiger partial charge >= 0.3 is 0 Å². The van der Waals surface area contributed by atoms with Gasteiger partial charge in [0.05, 0.1) is 18.1 Å². The van der Waals surface area contributed by atoms with Crippen LogP contribution in [0.2, 0.25) is 5.02 Å². The molecule has 3 atom stereocenters. The lowest BCUT2D eigenvalue weighted by atomic mass is 10.1. The summed E-state index contributed by atoms with van der Waals surface area (Å²) in [5.41, 5.74) is 1.03. The minimum absolute atomic E-state index is 0.0217. The van der Waals surface area contributed by atoms with Gasteiger partial charge in [0.25, 0.3) is 0 Å². The minimum Gasteiger partial charge on any atom is -0.351 e. The molecule has 3 rings (SSSR count). The first-order valence-electron chi connectivity index (χ1n) is 7.87. The van der Waals surface area contributed by atoms with E-state index in [0.717, 1.165) is 12.0 Å². The van der Waals surface area contributed by atoms with Crippen molar-refractivity contribution in [2.45, 2.75) is 24.8 Å². The Morgan fingerprint density at radius 2 is 2.08 bits per heavy atom. The van der Waals surface area contributed by atoms with Crippen molar-refractivity contribution in [3.8, 4) is 0 Å². The monoisotopic (exact) mass is 370 g/mol. The first kappa shape index (κ1) is 17.2. The molecule has 2 fully saturated rings. The average molecular weight is 371 g/mol. The number of hydrogen-bond acceptors (Lipinski definition) is 4. The molecule has 0 aromatic heterocycles. The molecule has 24 heavy (non-hydrogen) atoms. The zero-order valence-corrected chi connectivity index (χ0v) is 14.6. The number of sulfone groups is 1. The van der Waals surface area contributed by atoms with Crippen molar-refractivity contribution < 1.29 is 18.0 Å². The van der Waals surface area contributed by atoms with Crippen molar-refractivity contribution in [3.05, 3.63) is 34.9 Å². The van der Waals surface area contributed by atoms with Crippen LogP contribution in [0, 0.1) is 5.92 Å². The standard InChI is InChI=1S/C16H19ClN2O4S/c17-11-3-1-2-10(6-11)13-7-14(13)16(21)18-8-15(20)19-12-4-5-24(22,23)9-12/h1-3,6,12-14H,4-5,7-9H2,(H,18,21)(H,19,20)/t12-,13-,14+/m0/s1. The maximum atomic E-state index is 12.1. The van der Waals surface area contributed by atoms with Gasteiger partial charge in [0, 0.05) is 17.0 Å². The lowest BCUT2D eigenvalue weighted by Crippen LogP contribution is -2.42. The summed E-state index contributed by atoms with van der Waals surface area (Å²) in [5, 5.41) is 5.91. The molecule has 2 amide bonds. The van der Waals surface area contributed by atoms with E-state index in [1.807, 2.05) is 18.2 Å². The molecule has 1 aliphatic heterocycles. The Balaban J connectivity index is 1.43. The van der Waals surface area contributed by atoms with Gasteiger partial charge in [-0.15, -0.1) is 0 Å². The van der Waals surface area contributed by atoms with Crippen molar-refractivity contribution in [2.75, 3.05) is 18.1 Å². The normalized spacial score (nSPS) is 27.5. The highest BCUT2D eigenvalue weighted by atomic mass is 35.5. The van der Waals surface area contributed by atoms with Crippen LogP contribution >= 0.6 is 11.6 Å². The summed E-state index contributed by atoms with van der Waals surface area (Å²) in [5.74, 6) is -0.422. The Hall–Kier alpha value is -1.60. The number of rotatable bonds is 5. The van der Waals surface area contributed by atoms with E-state index in [9.17, 15) is 18.0 Å². The van der Waals surface area contributed by atoms with Crippen molar-refractivity contribution in [1.29, 1.82) is 0 Å². The predicted octanol–water partition coefficient (Wildman–Crippen LogP) is 0.863. The Morgan fingerprint density at radius 1 is 1.29 bits per heavy atom. The second kappa shape index (κ2) is 6.72. The number of carbonyl (C=O) groups is 2. The molecule has 130 valence electrons. The van der Waals surface area contributed by atoms with Crippen molar-refractivity contribution in [3.63, 3.8) is 0 Å². The van der Waals surface area contributed by atoms with Crippen LogP contribution in [-0.2, 0) is 19.4 Å². The molecular weight excluding hydrogens is 352 g/mol. The van der Waals surface area contributed by atoms with E-state index in [2.05, 4.69) is 10.6 Å². The third-order valence-corrected chi connectivity index (χ3v) is 6.43. The van der Waals surface area contributed by atoms with E-state index in [0.29, 0.717) is 11.4 Å². The second-order valence-electron chi connectivity index (χ2n) is 6.39. The highest BCUT2D eigenvalue weighted by Gasteiger charge is 2.44. The van der Waals surface area contributed by atoms with Crippen LogP contribution < -0.4 is 10.6 Å². The third-order valence-electron chi connectivity index (χ3n) is 4.42. The number of nitrogens with one attached hydrogen (secondary N) is 2. The largest absolute Gasteiger partial charge is 0.351 e. The van der Waals surface area contributed by atoms with Crippen molar-refractivity contribution in [1.82, 2.24) is 10.6 Å². The topological polar surface area (TPSA) is 92.3 Å². The summed E-state index contributed by atoms with van der Waals surface area (Å²) in [7, 11) is -3.03. The molecular formula is C16H19ClN2O4S.